The Balaban J connectivity index is 2.38. The first-order valence-electron chi connectivity index (χ1n) is 7.93. The van der Waals surface area contributed by atoms with Crippen LogP contribution in [-0.4, -0.2) is 40.7 Å². The standard InChI is InChI=1S/C19H19N3O4/c1-20(2)11-10-17-19(22(24)25)16-9-6-14(23)12-18(16)21(17)13-4-7-15(26-3)8-5-13/h4-12,23H,1-3H3. The highest BCUT2D eigenvalue weighted by molar-refractivity contribution is 5.96. The molecule has 0 bridgehead atoms. The van der Waals surface area contributed by atoms with E-state index in [1.807, 2.05) is 26.2 Å². The molecule has 0 atom stereocenters. The number of fused-ring (bicyclic) bond motifs is 1. The Bertz CT molecular complexity index is 988. The number of nitro groups is 1. The van der Waals surface area contributed by atoms with Crippen LogP contribution in [0.4, 0.5) is 5.69 Å². The molecular formula is C19H19N3O4. The molecule has 0 aliphatic carbocycles. The average Bonchev–Trinajstić information content (AvgIpc) is 2.93. The van der Waals surface area contributed by atoms with Crippen LogP contribution in [-0.2, 0) is 0 Å². The Morgan fingerprint density at radius 2 is 1.88 bits per heavy atom. The van der Waals surface area contributed by atoms with E-state index in [1.54, 1.807) is 47.1 Å². The Morgan fingerprint density at radius 3 is 2.46 bits per heavy atom. The normalized spacial score (nSPS) is 11.2. The maximum Gasteiger partial charge on any atom is 0.302 e. The van der Waals surface area contributed by atoms with Gasteiger partial charge in [0, 0.05) is 32.0 Å². The molecule has 0 spiro atoms. The van der Waals surface area contributed by atoms with Crippen molar-refractivity contribution in [3.63, 3.8) is 0 Å². The van der Waals surface area contributed by atoms with Gasteiger partial charge in [0.25, 0.3) is 0 Å². The number of phenols is 1. The molecule has 0 saturated heterocycles. The third-order valence-electron chi connectivity index (χ3n) is 4.00. The van der Waals surface area contributed by atoms with E-state index in [-0.39, 0.29) is 11.4 Å². The summed E-state index contributed by atoms with van der Waals surface area (Å²) in [5.74, 6) is 0.732. The Labute approximate surface area is 150 Å². The molecule has 1 N–H and O–H groups in total. The lowest BCUT2D eigenvalue weighted by Gasteiger charge is -2.10. The summed E-state index contributed by atoms with van der Waals surface area (Å²) in [6.07, 6.45) is 3.44. The quantitative estimate of drug-likeness (QED) is 0.558. The van der Waals surface area contributed by atoms with Gasteiger partial charge in [0.2, 0.25) is 0 Å². The van der Waals surface area contributed by atoms with Crippen molar-refractivity contribution >= 4 is 22.7 Å². The van der Waals surface area contributed by atoms with E-state index < -0.39 is 4.92 Å². The molecule has 7 nitrogen and oxygen atoms in total. The number of methoxy groups -OCH3 is 1. The maximum absolute atomic E-state index is 11.8. The van der Waals surface area contributed by atoms with Crippen LogP contribution in [0.2, 0.25) is 0 Å². The van der Waals surface area contributed by atoms with Crippen molar-refractivity contribution in [3.8, 4) is 17.2 Å². The van der Waals surface area contributed by atoms with Gasteiger partial charge < -0.3 is 19.3 Å². The predicted octanol–water partition coefficient (Wildman–Crippen LogP) is 3.79. The van der Waals surface area contributed by atoms with E-state index in [0.717, 1.165) is 5.69 Å². The molecule has 0 aliphatic heterocycles. The molecule has 3 rings (SSSR count). The Morgan fingerprint density at radius 1 is 1.19 bits per heavy atom. The Hall–Kier alpha value is -3.48. The van der Waals surface area contributed by atoms with Crippen LogP contribution in [0.15, 0.2) is 48.7 Å². The van der Waals surface area contributed by atoms with Crippen molar-refractivity contribution in [3.05, 3.63) is 64.5 Å². The number of ether oxygens (including phenoxy) is 1. The summed E-state index contributed by atoms with van der Waals surface area (Å²) in [7, 11) is 5.26. The van der Waals surface area contributed by atoms with Crippen molar-refractivity contribution in [2.24, 2.45) is 0 Å². The third-order valence-corrected chi connectivity index (χ3v) is 4.00. The lowest BCUT2D eigenvalue weighted by atomic mass is 10.2. The van der Waals surface area contributed by atoms with Crippen LogP contribution in [0.1, 0.15) is 5.69 Å². The summed E-state index contributed by atoms with van der Waals surface area (Å²) in [4.78, 5) is 13.2. The number of nitrogens with zero attached hydrogens (tertiary/aromatic N) is 3. The SMILES string of the molecule is COc1ccc(-n2c(C=CN(C)C)c([N+](=O)[O-])c3ccc(O)cc32)cc1. The molecule has 3 aromatic rings. The number of benzene rings is 2. The van der Waals surface area contributed by atoms with Crippen LogP contribution >= 0.6 is 0 Å². The number of hydrogen-bond donors (Lipinski definition) is 1. The van der Waals surface area contributed by atoms with E-state index >= 15 is 0 Å². The van der Waals surface area contributed by atoms with Crippen LogP contribution in [0.5, 0.6) is 11.5 Å². The minimum absolute atomic E-state index is 0.00563. The third kappa shape index (κ3) is 3.06. The molecule has 26 heavy (non-hydrogen) atoms. The highest BCUT2D eigenvalue weighted by Crippen LogP contribution is 2.38. The summed E-state index contributed by atoms with van der Waals surface area (Å²) in [5, 5.41) is 22.1. The first kappa shape index (κ1) is 17.3. The molecule has 0 aliphatic rings. The molecule has 0 radical (unpaired) electrons. The van der Waals surface area contributed by atoms with Gasteiger partial charge in [0.15, 0.2) is 0 Å². The van der Waals surface area contributed by atoms with Gasteiger partial charge in [0.05, 0.1) is 22.9 Å². The van der Waals surface area contributed by atoms with Crippen molar-refractivity contribution in [2.45, 2.75) is 0 Å². The van der Waals surface area contributed by atoms with E-state index in [2.05, 4.69) is 0 Å². The van der Waals surface area contributed by atoms with Gasteiger partial charge in [-0.2, -0.15) is 0 Å². The van der Waals surface area contributed by atoms with Crippen LogP contribution in [0, 0.1) is 10.1 Å². The number of aromatic hydroxyl groups is 1. The van der Waals surface area contributed by atoms with E-state index in [1.165, 1.54) is 12.1 Å². The lowest BCUT2D eigenvalue weighted by Crippen LogP contribution is -2.02. The molecular weight excluding hydrogens is 334 g/mol. The molecule has 0 unspecified atom stereocenters. The molecule has 0 fully saturated rings. The highest BCUT2D eigenvalue weighted by atomic mass is 16.6. The zero-order valence-electron chi connectivity index (χ0n) is 14.7. The second-order valence-electron chi connectivity index (χ2n) is 6.01. The maximum atomic E-state index is 11.8. The minimum Gasteiger partial charge on any atom is -0.508 e. The predicted molar refractivity (Wildman–Crippen MR) is 101 cm³/mol. The van der Waals surface area contributed by atoms with Crippen molar-refractivity contribution in [1.82, 2.24) is 9.47 Å². The van der Waals surface area contributed by atoms with Gasteiger partial charge in [-0.15, -0.1) is 0 Å². The summed E-state index contributed by atoms with van der Waals surface area (Å²) < 4.78 is 6.94. The average molecular weight is 353 g/mol. The summed E-state index contributed by atoms with van der Waals surface area (Å²) in [6.45, 7) is 0. The van der Waals surface area contributed by atoms with E-state index in [9.17, 15) is 15.2 Å². The van der Waals surface area contributed by atoms with Crippen molar-refractivity contribution in [1.29, 1.82) is 0 Å². The second-order valence-corrected chi connectivity index (χ2v) is 6.01. The lowest BCUT2D eigenvalue weighted by molar-refractivity contribution is -0.383. The topological polar surface area (TPSA) is 80.8 Å². The van der Waals surface area contributed by atoms with Crippen molar-refractivity contribution < 1.29 is 14.8 Å². The number of phenolic OH excluding ortho intramolecular Hbond substituents is 1. The summed E-state index contributed by atoms with van der Waals surface area (Å²) in [6, 6.07) is 11.8. The van der Waals surface area contributed by atoms with Gasteiger partial charge in [-0.25, -0.2) is 0 Å². The van der Waals surface area contributed by atoms with Gasteiger partial charge in [-0.1, -0.05) is 0 Å². The highest BCUT2D eigenvalue weighted by Gasteiger charge is 2.25. The van der Waals surface area contributed by atoms with Crippen LogP contribution in [0.3, 0.4) is 0 Å². The molecule has 0 saturated carbocycles. The second kappa shape index (κ2) is 6.79. The summed E-state index contributed by atoms with van der Waals surface area (Å²) >= 11 is 0. The fourth-order valence-corrected chi connectivity index (χ4v) is 2.85. The van der Waals surface area contributed by atoms with E-state index in [4.69, 9.17) is 4.74 Å². The smallest absolute Gasteiger partial charge is 0.302 e. The van der Waals surface area contributed by atoms with Crippen LogP contribution < -0.4 is 4.74 Å². The molecule has 1 aromatic heterocycles. The first-order chi connectivity index (χ1) is 12.4. The molecule has 1 heterocycles. The first-order valence-corrected chi connectivity index (χ1v) is 7.93. The molecule has 7 heteroatoms. The van der Waals surface area contributed by atoms with Gasteiger partial charge in [-0.05, 0) is 42.5 Å². The largest absolute Gasteiger partial charge is 0.508 e. The van der Waals surface area contributed by atoms with Gasteiger partial charge in [-0.3, -0.25) is 10.1 Å². The fourth-order valence-electron chi connectivity index (χ4n) is 2.85. The van der Waals surface area contributed by atoms with Crippen LogP contribution in [0.25, 0.3) is 22.7 Å². The Kier molecular flexibility index (Phi) is 4.53. The molecule has 134 valence electrons. The zero-order chi connectivity index (χ0) is 18.8. The fraction of sp³-hybridized carbons (Fsp3) is 0.158. The molecule has 0 amide bonds. The monoisotopic (exact) mass is 353 g/mol. The van der Waals surface area contributed by atoms with Gasteiger partial charge >= 0.3 is 5.69 Å². The number of rotatable bonds is 5. The number of hydrogen-bond acceptors (Lipinski definition) is 5. The van der Waals surface area contributed by atoms with E-state index in [0.29, 0.717) is 22.3 Å². The molecule has 2 aromatic carbocycles. The zero-order valence-corrected chi connectivity index (χ0v) is 14.7. The van der Waals surface area contributed by atoms with Gasteiger partial charge in [0.1, 0.15) is 17.2 Å². The minimum atomic E-state index is -0.394. The summed E-state index contributed by atoms with van der Waals surface area (Å²) in [5.41, 5.74) is 1.71. The number of aromatic nitrogens is 1. The van der Waals surface area contributed by atoms with Crippen molar-refractivity contribution in [2.75, 3.05) is 21.2 Å².